The van der Waals surface area contributed by atoms with Gasteiger partial charge in [0.15, 0.2) is 0 Å². The third kappa shape index (κ3) is 3.31. The van der Waals surface area contributed by atoms with Crippen molar-refractivity contribution >= 4 is 5.91 Å². The average molecular weight is 248 g/mol. The number of benzene rings is 1. The maximum atomic E-state index is 11.9. The number of fused-ring (bicyclic) bond motifs is 1. The molecule has 2 N–H and O–H groups in total. The lowest BCUT2D eigenvalue weighted by Gasteiger charge is -2.09. The minimum absolute atomic E-state index is 0.0183. The van der Waals surface area contributed by atoms with E-state index in [1.807, 2.05) is 18.2 Å². The van der Waals surface area contributed by atoms with Gasteiger partial charge in [0.2, 0.25) is 0 Å². The lowest BCUT2D eigenvalue weighted by Crippen LogP contribution is -2.34. The maximum absolute atomic E-state index is 11.9. The quantitative estimate of drug-likeness (QED) is 0.775. The van der Waals surface area contributed by atoms with Crippen molar-refractivity contribution in [2.24, 2.45) is 0 Å². The topological polar surface area (TPSA) is 50.4 Å². The van der Waals surface area contributed by atoms with Crippen LogP contribution in [0, 0.1) is 0 Å². The number of carbonyl (C=O) groups is 1. The average Bonchev–Trinajstić information content (AvgIpc) is 2.81. The summed E-state index contributed by atoms with van der Waals surface area (Å²) in [4.78, 5) is 11.9. The fraction of sp³-hybridized carbons (Fsp3) is 0.500. The van der Waals surface area contributed by atoms with E-state index < -0.39 is 0 Å². The van der Waals surface area contributed by atoms with E-state index in [1.54, 1.807) is 0 Å². The molecule has 0 atom stereocenters. The van der Waals surface area contributed by atoms with Crippen molar-refractivity contribution in [2.75, 3.05) is 13.1 Å². The van der Waals surface area contributed by atoms with Crippen molar-refractivity contribution in [2.45, 2.75) is 33.1 Å². The molecule has 1 aromatic rings. The first-order valence-corrected chi connectivity index (χ1v) is 6.38. The zero-order valence-electron chi connectivity index (χ0n) is 11.0. The highest BCUT2D eigenvalue weighted by Crippen LogP contribution is 2.20. The van der Waals surface area contributed by atoms with Gasteiger partial charge in [-0.15, -0.1) is 0 Å². The van der Waals surface area contributed by atoms with Crippen LogP contribution in [0.3, 0.4) is 0 Å². The van der Waals surface area contributed by atoms with Gasteiger partial charge in [-0.3, -0.25) is 4.79 Å². The third-order valence-electron chi connectivity index (χ3n) is 2.95. The number of nitrogens with one attached hydrogen (secondary N) is 2. The van der Waals surface area contributed by atoms with Crippen LogP contribution in [0.25, 0.3) is 0 Å². The molecule has 0 aliphatic carbocycles. The fourth-order valence-electron chi connectivity index (χ4n) is 1.95. The Bertz CT molecular complexity index is 430. The molecule has 18 heavy (non-hydrogen) atoms. The van der Waals surface area contributed by atoms with Crippen molar-refractivity contribution < 1.29 is 9.53 Å². The van der Waals surface area contributed by atoms with E-state index in [9.17, 15) is 4.79 Å². The summed E-state index contributed by atoms with van der Waals surface area (Å²) in [5, 5.41) is 6.16. The van der Waals surface area contributed by atoms with Gasteiger partial charge in [-0.2, -0.15) is 0 Å². The highest BCUT2D eigenvalue weighted by Gasteiger charge is 2.13. The maximum Gasteiger partial charge on any atom is 0.251 e. The normalized spacial score (nSPS) is 13.7. The molecule has 4 nitrogen and oxygen atoms in total. The van der Waals surface area contributed by atoms with Crippen LogP contribution >= 0.6 is 0 Å². The predicted molar refractivity (Wildman–Crippen MR) is 70.4 cm³/mol. The van der Waals surface area contributed by atoms with Crippen molar-refractivity contribution in [1.82, 2.24) is 10.6 Å². The highest BCUT2D eigenvalue weighted by atomic mass is 16.5. The zero-order chi connectivity index (χ0) is 13.0. The molecule has 1 aliphatic heterocycles. The number of hydrogen-bond donors (Lipinski definition) is 2. The lowest BCUT2D eigenvalue weighted by atomic mass is 10.1. The van der Waals surface area contributed by atoms with E-state index in [4.69, 9.17) is 4.74 Å². The second kappa shape index (κ2) is 5.98. The molecule has 0 radical (unpaired) electrons. The van der Waals surface area contributed by atoms with Crippen LogP contribution < -0.4 is 10.6 Å². The van der Waals surface area contributed by atoms with Crippen LogP contribution in [0.1, 0.15) is 35.3 Å². The standard InChI is InChI=1S/C14H20N2O2/c1-10(2)15-5-6-16-14(17)11-3-4-12-8-18-9-13(12)7-11/h3-4,7,10,15H,5-6,8-9H2,1-2H3,(H,16,17). The van der Waals surface area contributed by atoms with Gasteiger partial charge in [-0.1, -0.05) is 19.9 Å². The summed E-state index contributed by atoms with van der Waals surface area (Å²) >= 11 is 0. The molecular formula is C14H20N2O2. The summed E-state index contributed by atoms with van der Waals surface area (Å²) in [5.41, 5.74) is 3.03. The van der Waals surface area contributed by atoms with Crippen molar-refractivity contribution in [3.05, 3.63) is 34.9 Å². The van der Waals surface area contributed by atoms with E-state index in [2.05, 4.69) is 24.5 Å². The van der Waals surface area contributed by atoms with Crippen LogP contribution in [0.2, 0.25) is 0 Å². The highest BCUT2D eigenvalue weighted by molar-refractivity contribution is 5.94. The van der Waals surface area contributed by atoms with E-state index in [1.165, 1.54) is 5.56 Å². The SMILES string of the molecule is CC(C)NCCNC(=O)c1ccc2c(c1)COC2. The Labute approximate surface area is 108 Å². The largest absolute Gasteiger partial charge is 0.372 e. The molecular weight excluding hydrogens is 228 g/mol. The van der Waals surface area contributed by atoms with Crippen LogP contribution in [-0.2, 0) is 18.0 Å². The molecule has 0 saturated carbocycles. The van der Waals surface area contributed by atoms with Gasteiger partial charge in [0, 0.05) is 24.7 Å². The molecule has 2 rings (SSSR count). The second-order valence-corrected chi connectivity index (χ2v) is 4.84. The monoisotopic (exact) mass is 248 g/mol. The van der Waals surface area contributed by atoms with E-state index in [0.717, 1.165) is 12.1 Å². The Balaban J connectivity index is 1.85. The van der Waals surface area contributed by atoms with Crippen LogP contribution in [0.5, 0.6) is 0 Å². The first kappa shape index (κ1) is 13.1. The van der Waals surface area contributed by atoms with Gasteiger partial charge in [-0.25, -0.2) is 0 Å². The number of amides is 1. The molecule has 0 spiro atoms. The Kier molecular flexibility index (Phi) is 4.33. The molecule has 98 valence electrons. The number of carbonyl (C=O) groups excluding carboxylic acids is 1. The summed E-state index contributed by atoms with van der Waals surface area (Å²) in [7, 11) is 0. The first-order valence-electron chi connectivity index (χ1n) is 6.38. The van der Waals surface area contributed by atoms with Gasteiger partial charge in [0.05, 0.1) is 13.2 Å². The summed E-state index contributed by atoms with van der Waals surface area (Å²) in [6.45, 7) is 6.88. The van der Waals surface area contributed by atoms with E-state index in [0.29, 0.717) is 31.4 Å². The number of ether oxygens (including phenoxy) is 1. The summed E-state index contributed by atoms with van der Waals surface area (Å²) in [6.07, 6.45) is 0. The third-order valence-corrected chi connectivity index (χ3v) is 2.95. The minimum atomic E-state index is -0.0183. The van der Waals surface area contributed by atoms with Gasteiger partial charge < -0.3 is 15.4 Å². The first-order chi connectivity index (χ1) is 8.66. The van der Waals surface area contributed by atoms with Crippen molar-refractivity contribution in [3.63, 3.8) is 0 Å². The van der Waals surface area contributed by atoms with Crippen LogP contribution in [0.15, 0.2) is 18.2 Å². The Hall–Kier alpha value is -1.39. The van der Waals surface area contributed by atoms with E-state index >= 15 is 0 Å². The molecule has 1 amide bonds. The minimum Gasteiger partial charge on any atom is -0.372 e. The number of hydrogen-bond acceptors (Lipinski definition) is 3. The molecule has 4 heteroatoms. The molecule has 0 bridgehead atoms. The van der Waals surface area contributed by atoms with Gasteiger partial charge >= 0.3 is 0 Å². The Morgan fingerprint density at radius 1 is 1.28 bits per heavy atom. The van der Waals surface area contributed by atoms with Gasteiger partial charge in [0.25, 0.3) is 5.91 Å². The summed E-state index contributed by atoms with van der Waals surface area (Å²) in [5.74, 6) is -0.0183. The molecule has 0 saturated heterocycles. The Morgan fingerprint density at radius 2 is 2.06 bits per heavy atom. The van der Waals surface area contributed by atoms with Crippen LogP contribution in [0.4, 0.5) is 0 Å². The molecule has 1 heterocycles. The van der Waals surface area contributed by atoms with Crippen LogP contribution in [-0.4, -0.2) is 25.0 Å². The van der Waals surface area contributed by atoms with E-state index in [-0.39, 0.29) is 5.91 Å². The predicted octanol–water partition coefficient (Wildman–Crippen LogP) is 1.44. The van der Waals surface area contributed by atoms with Crippen molar-refractivity contribution in [1.29, 1.82) is 0 Å². The molecule has 0 unspecified atom stereocenters. The molecule has 0 aromatic heterocycles. The molecule has 1 aromatic carbocycles. The number of rotatable bonds is 5. The Morgan fingerprint density at radius 3 is 2.83 bits per heavy atom. The van der Waals surface area contributed by atoms with Gasteiger partial charge in [0.1, 0.15) is 0 Å². The molecule has 1 aliphatic rings. The zero-order valence-corrected chi connectivity index (χ0v) is 11.0. The fourth-order valence-corrected chi connectivity index (χ4v) is 1.95. The summed E-state index contributed by atoms with van der Waals surface area (Å²) in [6, 6.07) is 6.20. The lowest BCUT2D eigenvalue weighted by molar-refractivity contribution is 0.0953. The smallest absolute Gasteiger partial charge is 0.251 e. The van der Waals surface area contributed by atoms with Crippen molar-refractivity contribution in [3.8, 4) is 0 Å². The second-order valence-electron chi connectivity index (χ2n) is 4.84. The molecule has 0 fully saturated rings. The van der Waals surface area contributed by atoms with Gasteiger partial charge in [-0.05, 0) is 23.3 Å². The summed E-state index contributed by atoms with van der Waals surface area (Å²) < 4.78 is 5.33.